The molecule has 1 N–H and O–H groups in total. The normalized spacial score (nSPS) is 19.9. The predicted octanol–water partition coefficient (Wildman–Crippen LogP) is 2.73. The van der Waals surface area contributed by atoms with Crippen LogP contribution in [0.2, 0.25) is 0 Å². The first-order chi connectivity index (χ1) is 13.7. The minimum atomic E-state index is -0.491. The number of halogens is 1. The Bertz CT molecular complexity index is 884. The molecule has 1 atom stereocenters. The predicted molar refractivity (Wildman–Crippen MR) is 106 cm³/mol. The molecule has 0 aromatic heterocycles. The van der Waals surface area contributed by atoms with E-state index in [4.69, 9.17) is 14.7 Å². The van der Waals surface area contributed by atoms with Gasteiger partial charge in [-0.3, -0.25) is 0 Å². The van der Waals surface area contributed by atoms with Crippen LogP contribution in [-0.2, 0) is 15.9 Å². The molecule has 4 rings (SSSR count). The van der Waals surface area contributed by atoms with Gasteiger partial charge in [0.1, 0.15) is 11.9 Å². The highest BCUT2D eigenvalue weighted by Crippen LogP contribution is 2.36. The van der Waals surface area contributed by atoms with E-state index in [-0.39, 0.29) is 17.8 Å². The molecule has 1 unspecified atom stereocenters. The van der Waals surface area contributed by atoms with Gasteiger partial charge in [0.2, 0.25) is 0 Å². The fourth-order valence-corrected chi connectivity index (χ4v) is 3.79. The summed E-state index contributed by atoms with van der Waals surface area (Å²) >= 11 is 0. The van der Waals surface area contributed by atoms with E-state index in [1.807, 2.05) is 12.1 Å². The summed E-state index contributed by atoms with van der Waals surface area (Å²) in [6.45, 7) is 4.09. The number of hydrogen-bond donors (Lipinski definition) is 1. The van der Waals surface area contributed by atoms with Gasteiger partial charge in [-0.05, 0) is 41.8 Å². The monoisotopic (exact) mass is 381 g/mol. The zero-order valence-electron chi connectivity index (χ0n) is 16.0. The standard InChI is InChI=1S/C22H24FN3O2/c1-27-19-13-26(14-19)22-5-2-15(8-18-12-25-6-7-28-18)9-20(22)16-3-4-17(11-24)21(23)10-16/h2-5,9-10,18-19,25H,6-8,12-14H2,1H3. The number of nitriles is 1. The Labute approximate surface area is 164 Å². The highest BCUT2D eigenvalue weighted by atomic mass is 19.1. The quantitative estimate of drug-likeness (QED) is 0.863. The minimum Gasteiger partial charge on any atom is -0.378 e. The molecular weight excluding hydrogens is 357 g/mol. The molecule has 0 amide bonds. The molecule has 0 spiro atoms. The molecule has 2 fully saturated rings. The number of anilines is 1. The lowest BCUT2D eigenvalue weighted by molar-refractivity contribution is 0.0292. The number of rotatable bonds is 5. The Morgan fingerprint density at radius 1 is 1.29 bits per heavy atom. The fourth-order valence-electron chi connectivity index (χ4n) is 3.79. The summed E-state index contributed by atoms with van der Waals surface area (Å²) in [6.07, 6.45) is 1.18. The van der Waals surface area contributed by atoms with Crippen molar-refractivity contribution >= 4 is 5.69 Å². The van der Waals surface area contributed by atoms with Crippen LogP contribution in [0.4, 0.5) is 10.1 Å². The van der Waals surface area contributed by atoms with Crippen LogP contribution in [-0.4, -0.2) is 52.1 Å². The topological polar surface area (TPSA) is 57.5 Å². The van der Waals surface area contributed by atoms with Crippen LogP contribution in [0.1, 0.15) is 11.1 Å². The van der Waals surface area contributed by atoms with Gasteiger partial charge in [0.25, 0.3) is 0 Å². The molecule has 146 valence electrons. The number of morpholine rings is 1. The first kappa shape index (κ1) is 18.9. The Hall–Kier alpha value is -2.46. The highest BCUT2D eigenvalue weighted by Gasteiger charge is 2.28. The molecule has 0 bridgehead atoms. The SMILES string of the molecule is COC1CN(c2ccc(CC3CNCCO3)cc2-c2ccc(C#N)c(F)c2)C1. The zero-order chi connectivity index (χ0) is 19.5. The molecule has 0 saturated carbocycles. The Kier molecular flexibility index (Phi) is 5.58. The van der Waals surface area contributed by atoms with Gasteiger partial charge >= 0.3 is 0 Å². The molecule has 0 radical (unpaired) electrons. The molecule has 2 aromatic carbocycles. The summed E-state index contributed by atoms with van der Waals surface area (Å²) in [6, 6.07) is 13.0. The van der Waals surface area contributed by atoms with Crippen molar-refractivity contribution < 1.29 is 13.9 Å². The van der Waals surface area contributed by atoms with Gasteiger partial charge in [-0.15, -0.1) is 0 Å². The fraction of sp³-hybridized carbons (Fsp3) is 0.409. The second-order valence-corrected chi connectivity index (χ2v) is 7.32. The van der Waals surface area contributed by atoms with E-state index < -0.39 is 5.82 Å². The van der Waals surface area contributed by atoms with E-state index in [9.17, 15) is 4.39 Å². The van der Waals surface area contributed by atoms with Crippen LogP contribution < -0.4 is 10.2 Å². The third kappa shape index (κ3) is 3.88. The molecular formula is C22H24FN3O2. The molecule has 0 aliphatic carbocycles. The maximum absolute atomic E-state index is 14.3. The van der Waals surface area contributed by atoms with Crippen molar-refractivity contribution in [2.45, 2.75) is 18.6 Å². The average molecular weight is 381 g/mol. The van der Waals surface area contributed by atoms with Gasteiger partial charge < -0.3 is 19.7 Å². The number of nitrogens with zero attached hydrogens (tertiary/aromatic N) is 2. The maximum Gasteiger partial charge on any atom is 0.141 e. The van der Waals surface area contributed by atoms with Crippen LogP contribution in [0, 0.1) is 17.1 Å². The van der Waals surface area contributed by atoms with Gasteiger partial charge in [-0.1, -0.05) is 12.1 Å². The summed E-state index contributed by atoms with van der Waals surface area (Å²) in [7, 11) is 1.72. The van der Waals surface area contributed by atoms with E-state index in [0.717, 1.165) is 61.6 Å². The molecule has 2 aliphatic heterocycles. The summed E-state index contributed by atoms with van der Waals surface area (Å²) < 4.78 is 25.5. The second-order valence-electron chi connectivity index (χ2n) is 7.32. The summed E-state index contributed by atoms with van der Waals surface area (Å²) in [5, 5.41) is 12.4. The number of benzene rings is 2. The number of methoxy groups -OCH3 is 1. The van der Waals surface area contributed by atoms with E-state index in [1.54, 1.807) is 13.2 Å². The highest BCUT2D eigenvalue weighted by molar-refractivity contribution is 5.80. The van der Waals surface area contributed by atoms with Crippen LogP contribution in [0.5, 0.6) is 0 Å². The first-order valence-electron chi connectivity index (χ1n) is 9.61. The zero-order valence-corrected chi connectivity index (χ0v) is 16.0. The third-order valence-electron chi connectivity index (χ3n) is 5.45. The smallest absolute Gasteiger partial charge is 0.141 e. The van der Waals surface area contributed by atoms with Crippen molar-refractivity contribution in [1.82, 2.24) is 5.32 Å². The van der Waals surface area contributed by atoms with Gasteiger partial charge in [-0.2, -0.15) is 5.26 Å². The van der Waals surface area contributed by atoms with Crippen LogP contribution >= 0.6 is 0 Å². The van der Waals surface area contributed by atoms with Gasteiger partial charge in [-0.25, -0.2) is 4.39 Å². The molecule has 6 heteroatoms. The Morgan fingerprint density at radius 2 is 2.14 bits per heavy atom. The summed E-state index contributed by atoms with van der Waals surface area (Å²) in [5.74, 6) is -0.491. The largest absolute Gasteiger partial charge is 0.378 e. The maximum atomic E-state index is 14.3. The minimum absolute atomic E-state index is 0.0616. The summed E-state index contributed by atoms with van der Waals surface area (Å²) in [5.41, 5.74) is 4.02. The van der Waals surface area contributed by atoms with Crippen molar-refractivity contribution in [1.29, 1.82) is 5.26 Å². The Balaban J connectivity index is 1.66. The van der Waals surface area contributed by atoms with Crippen molar-refractivity contribution in [2.24, 2.45) is 0 Å². The lowest BCUT2D eigenvalue weighted by Gasteiger charge is -2.41. The van der Waals surface area contributed by atoms with Crippen molar-refractivity contribution in [3.05, 3.63) is 53.3 Å². The molecule has 5 nitrogen and oxygen atoms in total. The van der Waals surface area contributed by atoms with Crippen molar-refractivity contribution in [3.8, 4) is 17.2 Å². The van der Waals surface area contributed by atoms with Crippen LogP contribution in [0.3, 0.4) is 0 Å². The summed E-state index contributed by atoms with van der Waals surface area (Å²) in [4.78, 5) is 2.24. The molecule has 28 heavy (non-hydrogen) atoms. The van der Waals surface area contributed by atoms with Gasteiger partial charge in [0, 0.05) is 44.5 Å². The van der Waals surface area contributed by atoms with Crippen molar-refractivity contribution in [2.75, 3.05) is 44.8 Å². The number of hydrogen-bond acceptors (Lipinski definition) is 5. The number of nitrogens with one attached hydrogen (secondary N) is 1. The lowest BCUT2D eigenvalue weighted by Crippen LogP contribution is -2.52. The Morgan fingerprint density at radius 3 is 2.82 bits per heavy atom. The average Bonchev–Trinajstić information content (AvgIpc) is 2.69. The third-order valence-corrected chi connectivity index (χ3v) is 5.45. The molecule has 2 aliphatic rings. The lowest BCUT2D eigenvalue weighted by atomic mass is 9.95. The second kappa shape index (κ2) is 8.27. The van der Waals surface area contributed by atoms with E-state index in [2.05, 4.69) is 28.4 Å². The van der Waals surface area contributed by atoms with Crippen molar-refractivity contribution in [3.63, 3.8) is 0 Å². The van der Waals surface area contributed by atoms with Crippen LogP contribution in [0.25, 0.3) is 11.1 Å². The first-order valence-corrected chi connectivity index (χ1v) is 9.61. The molecule has 2 aromatic rings. The number of ether oxygens (including phenoxy) is 2. The molecule has 2 heterocycles. The van der Waals surface area contributed by atoms with Gasteiger partial charge in [0.15, 0.2) is 0 Å². The molecule has 2 saturated heterocycles. The van der Waals surface area contributed by atoms with E-state index in [0.29, 0.717) is 0 Å². The van der Waals surface area contributed by atoms with Crippen LogP contribution in [0.15, 0.2) is 36.4 Å². The van der Waals surface area contributed by atoms with Gasteiger partial charge in [0.05, 0.1) is 24.4 Å². The van der Waals surface area contributed by atoms with E-state index >= 15 is 0 Å². The van der Waals surface area contributed by atoms with E-state index in [1.165, 1.54) is 6.07 Å².